The van der Waals surface area contributed by atoms with Crippen LogP contribution in [0.2, 0.25) is 0 Å². The molecule has 11 aromatic carbocycles. The number of para-hydroxylation sites is 5. The summed E-state index contributed by atoms with van der Waals surface area (Å²) >= 11 is 0. The number of fused-ring (bicyclic) bond motifs is 11. The maximum absolute atomic E-state index is 11.4. The topological polar surface area (TPSA) is 62.4 Å². The van der Waals surface area contributed by atoms with E-state index in [0.29, 0.717) is 11.1 Å². The molecular formula is C68H41B2N5. The zero-order chi connectivity index (χ0) is 49.7. The van der Waals surface area contributed by atoms with Crippen molar-refractivity contribution in [2.24, 2.45) is 0 Å². The number of rotatable bonds is 6. The zero-order valence-electron chi connectivity index (χ0n) is 40.6. The van der Waals surface area contributed by atoms with Crippen LogP contribution in [0.25, 0.3) is 93.6 Å². The first kappa shape index (κ1) is 42.6. The summed E-state index contributed by atoms with van der Waals surface area (Å²) in [5.74, 6) is 0. The summed E-state index contributed by atoms with van der Waals surface area (Å²) in [4.78, 5) is 0. The van der Waals surface area contributed by atoms with Gasteiger partial charge in [0.2, 0.25) is 13.4 Å². The highest BCUT2D eigenvalue weighted by Gasteiger charge is 2.40. The molecule has 0 aliphatic carbocycles. The van der Waals surface area contributed by atoms with E-state index in [0.717, 1.165) is 77.5 Å². The van der Waals surface area contributed by atoms with Crippen molar-refractivity contribution in [1.82, 2.24) is 13.7 Å². The molecule has 14 aromatic rings. The Hall–Kier alpha value is -10.1. The van der Waals surface area contributed by atoms with Gasteiger partial charge in [-0.2, -0.15) is 10.5 Å². The molecule has 15 rings (SSSR count). The average molecular weight is 950 g/mol. The van der Waals surface area contributed by atoms with E-state index in [9.17, 15) is 10.5 Å². The number of nitrogens with zero attached hydrogens (tertiary/aromatic N) is 5. The highest BCUT2D eigenvalue weighted by Crippen LogP contribution is 2.42. The van der Waals surface area contributed by atoms with E-state index in [1.54, 1.807) is 0 Å². The standard InChI is InChI=1S/C68H41B2N5/c71-42-44-18-16-26-53(67(44)70-59-30-10-8-28-57(59)69(46-20-2-1-3-21-46)58-29-9-11-31-60(58)70)54-27-17-19-45(43-72)68(54)75-65-38-36-47(73-61-32-12-4-22-49(61)50-23-5-13-33-62(50)73)40-55(65)56-41-48(37-39-66(56)75)74-63-34-14-6-24-51(63)52-25-7-15-35-64(52)74/h1-41H. The molecule has 1 aliphatic heterocycles. The summed E-state index contributed by atoms with van der Waals surface area (Å²) in [6.07, 6.45) is 0. The smallest absolute Gasteiger partial charge is 0.242 e. The summed E-state index contributed by atoms with van der Waals surface area (Å²) in [6, 6.07) is 93.8. The molecule has 0 unspecified atom stereocenters. The molecule has 3 aromatic heterocycles. The van der Waals surface area contributed by atoms with E-state index in [1.807, 2.05) is 24.3 Å². The van der Waals surface area contributed by atoms with Crippen molar-refractivity contribution in [2.75, 3.05) is 0 Å². The van der Waals surface area contributed by atoms with Gasteiger partial charge in [-0.3, -0.25) is 0 Å². The third-order valence-electron chi connectivity index (χ3n) is 16.0. The first-order valence-corrected chi connectivity index (χ1v) is 25.5. The van der Waals surface area contributed by atoms with Gasteiger partial charge in [-0.1, -0.05) is 203 Å². The lowest BCUT2D eigenvalue weighted by atomic mass is 9.20. The summed E-state index contributed by atoms with van der Waals surface area (Å²) < 4.78 is 7.06. The van der Waals surface area contributed by atoms with E-state index in [2.05, 4.69) is 250 Å². The lowest BCUT2D eigenvalue weighted by molar-refractivity contribution is 1.15. The molecule has 0 bridgehead atoms. The van der Waals surface area contributed by atoms with Crippen LogP contribution in [-0.2, 0) is 0 Å². The SMILES string of the molecule is N#Cc1cccc(-c2cccc(C#N)c2-n2c3ccc(-n4c5ccccc5c5ccccc54)cc3c3cc(-n4c5ccccc5c5ccccc54)ccc32)c1B1c2ccccc2B(c2ccccc2)c2ccccc21. The predicted octanol–water partition coefficient (Wildman–Crippen LogP) is 11.7. The minimum atomic E-state index is -0.275. The molecule has 0 fully saturated rings. The maximum atomic E-state index is 11.4. The Bertz CT molecular complexity index is 4450. The Labute approximate surface area is 433 Å². The second-order valence-electron chi connectivity index (χ2n) is 19.7. The summed E-state index contributed by atoms with van der Waals surface area (Å²) in [7, 11) is 0. The number of nitriles is 2. The fraction of sp³-hybridized carbons (Fsp3) is 0. The molecule has 0 atom stereocenters. The van der Waals surface area contributed by atoms with Crippen LogP contribution in [0.1, 0.15) is 11.1 Å². The highest BCUT2D eigenvalue weighted by atomic mass is 15.0. The lowest BCUT2D eigenvalue weighted by Gasteiger charge is -2.33. The number of benzene rings is 11. The van der Waals surface area contributed by atoms with E-state index in [-0.39, 0.29) is 13.4 Å². The van der Waals surface area contributed by atoms with Crippen LogP contribution in [0.15, 0.2) is 249 Å². The van der Waals surface area contributed by atoms with Crippen molar-refractivity contribution in [3.8, 4) is 40.3 Å². The van der Waals surface area contributed by atoms with Crippen molar-refractivity contribution in [3.05, 3.63) is 260 Å². The lowest BCUT2D eigenvalue weighted by Crippen LogP contribution is -2.75. The first-order chi connectivity index (χ1) is 37.2. The number of hydrogen-bond donors (Lipinski definition) is 0. The van der Waals surface area contributed by atoms with Crippen molar-refractivity contribution >= 4 is 112 Å². The van der Waals surface area contributed by atoms with Crippen LogP contribution < -0.4 is 32.8 Å². The normalized spacial score (nSPS) is 12.2. The van der Waals surface area contributed by atoms with Crippen LogP contribution in [0.4, 0.5) is 0 Å². The molecule has 0 saturated heterocycles. The van der Waals surface area contributed by atoms with Crippen molar-refractivity contribution < 1.29 is 0 Å². The Morgan fingerprint density at radius 1 is 0.293 bits per heavy atom. The number of aromatic nitrogens is 3. The molecule has 0 spiro atoms. The third kappa shape index (κ3) is 6.26. The molecule has 344 valence electrons. The third-order valence-corrected chi connectivity index (χ3v) is 16.0. The van der Waals surface area contributed by atoms with Gasteiger partial charge >= 0.3 is 0 Å². The van der Waals surface area contributed by atoms with Gasteiger partial charge in [0.25, 0.3) is 0 Å². The van der Waals surface area contributed by atoms with Gasteiger partial charge in [0.15, 0.2) is 0 Å². The number of hydrogen-bond acceptors (Lipinski definition) is 2. The summed E-state index contributed by atoms with van der Waals surface area (Å²) in [5.41, 5.74) is 19.2. The molecule has 0 saturated carbocycles. The highest BCUT2D eigenvalue weighted by molar-refractivity contribution is 7.11. The molecule has 4 heterocycles. The van der Waals surface area contributed by atoms with Gasteiger partial charge in [0.05, 0.1) is 50.4 Å². The Kier molecular flexibility index (Phi) is 9.52. The van der Waals surface area contributed by atoms with Crippen LogP contribution >= 0.6 is 0 Å². The zero-order valence-corrected chi connectivity index (χ0v) is 40.6. The van der Waals surface area contributed by atoms with Crippen molar-refractivity contribution in [2.45, 2.75) is 0 Å². The van der Waals surface area contributed by atoms with E-state index in [1.165, 1.54) is 48.9 Å². The average Bonchev–Trinajstić information content (AvgIpc) is 4.11. The largest absolute Gasteiger partial charge is 0.309 e. The monoisotopic (exact) mass is 949 g/mol. The predicted molar refractivity (Wildman–Crippen MR) is 313 cm³/mol. The van der Waals surface area contributed by atoms with E-state index in [4.69, 9.17) is 0 Å². The van der Waals surface area contributed by atoms with Crippen molar-refractivity contribution in [3.63, 3.8) is 0 Å². The Balaban J connectivity index is 1.02. The molecular weight excluding hydrogens is 908 g/mol. The molecule has 5 nitrogen and oxygen atoms in total. The fourth-order valence-corrected chi connectivity index (χ4v) is 12.9. The molecule has 75 heavy (non-hydrogen) atoms. The Morgan fingerprint density at radius 2 is 0.680 bits per heavy atom. The fourth-order valence-electron chi connectivity index (χ4n) is 12.9. The van der Waals surface area contributed by atoms with Crippen LogP contribution in [-0.4, -0.2) is 27.1 Å². The van der Waals surface area contributed by atoms with Crippen molar-refractivity contribution in [1.29, 1.82) is 10.5 Å². The molecule has 0 N–H and O–H groups in total. The molecule has 7 heteroatoms. The van der Waals surface area contributed by atoms with Crippen LogP contribution in [0, 0.1) is 22.7 Å². The molecule has 1 aliphatic rings. The summed E-state index contributed by atoms with van der Waals surface area (Å²) in [5, 5.41) is 29.5. The van der Waals surface area contributed by atoms with Gasteiger partial charge in [-0.15, -0.1) is 0 Å². The first-order valence-electron chi connectivity index (χ1n) is 25.5. The second kappa shape index (κ2) is 16.8. The molecule has 0 radical (unpaired) electrons. The van der Waals surface area contributed by atoms with Crippen LogP contribution in [0.3, 0.4) is 0 Å². The quantitative estimate of drug-likeness (QED) is 0.156. The van der Waals surface area contributed by atoms with Gasteiger partial charge in [0, 0.05) is 54.8 Å². The molecule has 0 amide bonds. The van der Waals surface area contributed by atoms with E-state index >= 15 is 0 Å². The van der Waals surface area contributed by atoms with Gasteiger partial charge in [0.1, 0.15) is 6.07 Å². The Morgan fingerprint density at radius 3 is 1.15 bits per heavy atom. The van der Waals surface area contributed by atoms with Gasteiger partial charge in [-0.25, -0.2) is 0 Å². The van der Waals surface area contributed by atoms with Gasteiger partial charge < -0.3 is 13.7 Å². The minimum absolute atomic E-state index is 0.0162. The second-order valence-corrected chi connectivity index (χ2v) is 19.7. The van der Waals surface area contributed by atoms with E-state index < -0.39 is 0 Å². The maximum Gasteiger partial charge on any atom is 0.242 e. The van der Waals surface area contributed by atoms with Crippen LogP contribution in [0.5, 0.6) is 0 Å². The van der Waals surface area contributed by atoms with Gasteiger partial charge in [-0.05, 0) is 83.8 Å². The summed E-state index contributed by atoms with van der Waals surface area (Å²) in [6.45, 7) is -0.259. The minimum Gasteiger partial charge on any atom is -0.309 e.